The van der Waals surface area contributed by atoms with Crippen molar-refractivity contribution in [2.45, 2.75) is 354 Å². The molecule has 0 saturated heterocycles. The number of hydrogen-bond donors (Lipinski definition) is 0. The van der Waals surface area contributed by atoms with Gasteiger partial charge in [-0.1, -0.05) is 293 Å². The summed E-state index contributed by atoms with van der Waals surface area (Å²) in [6.45, 7) is 6.51. The number of rotatable bonds is 62. The molecule has 6 nitrogen and oxygen atoms in total. The first-order valence-corrected chi connectivity index (χ1v) is 33.9. The molecule has 0 saturated carbocycles. The van der Waals surface area contributed by atoms with Gasteiger partial charge in [0.05, 0.1) is 0 Å². The van der Waals surface area contributed by atoms with Gasteiger partial charge in [0, 0.05) is 19.3 Å². The Labute approximate surface area is 484 Å². The van der Waals surface area contributed by atoms with Crippen LogP contribution in [0.4, 0.5) is 0 Å². The Kier molecular flexibility index (Phi) is 63.7. The van der Waals surface area contributed by atoms with E-state index in [1.807, 2.05) is 0 Å². The van der Waals surface area contributed by atoms with Gasteiger partial charge in [-0.25, -0.2) is 0 Å². The van der Waals surface area contributed by atoms with E-state index in [1.165, 1.54) is 199 Å². The third kappa shape index (κ3) is 63.7. The fourth-order valence-corrected chi connectivity index (χ4v) is 9.84. The second-order valence-electron chi connectivity index (χ2n) is 22.7. The molecular weight excluding hydrogens is 961 g/mol. The molecule has 6 heteroatoms. The third-order valence-corrected chi connectivity index (χ3v) is 14.9. The minimum absolute atomic E-state index is 0.0882. The number of ether oxygens (including phenoxy) is 3. The predicted molar refractivity (Wildman–Crippen MR) is 339 cm³/mol. The first-order valence-electron chi connectivity index (χ1n) is 33.9. The Balaban J connectivity index is 4.17. The van der Waals surface area contributed by atoms with E-state index in [0.717, 1.165) is 109 Å². The Hall–Kier alpha value is -3.15. The monoisotopic (exact) mass is 1090 g/mol. The van der Waals surface area contributed by atoms with E-state index >= 15 is 0 Å². The highest BCUT2D eigenvalue weighted by Gasteiger charge is 2.19. The van der Waals surface area contributed by atoms with Crippen LogP contribution in [0.3, 0.4) is 0 Å². The van der Waals surface area contributed by atoms with Crippen molar-refractivity contribution in [1.29, 1.82) is 0 Å². The molecule has 0 aromatic carbocycles. The highest BCUT2D eigenvalue weighted by molar-refractivity contribution is 5.71. The van der Waals surface area contributed by atoms with Gasteiger partial charge in [0.2, 0.25) is 0 Å². The first-order chi connectivity index (χ1) is 38.5. The molecule has 0 radical (unpaired) electrons. The number of allylic oxidation sites excluding steroid dienone is 12. The fourth-order valence-electron chi connectivity index (χ4n) is 9.84. The van der Waals surface area contributed by atoms with E-state index in [9.17, 15) is 14.4 Å². The fraction of sp³-hybridized carbons (Fsp3) is 0.792. The van der Waals surface area contributed by atoms with Crippen LogP contribution in [-0.2, 0) is 28.6 Å². The zero-order valence-corrected chi connectivity index (χ0v) is 51.9. The van der Waals surface area contributed by atoms with Crippen LogP contribution in [0.2, 0.25) is 0 Å². The van der Waals surface area contributed by atoms with Crippen LogP contribution >= 0.6 is 0 Å². The average Bonchev–Trinajstić information content (AvgIpc) is 3.44. The molecule has 0 amide bonds. The molecule has 0 aliphatic carbocycles. The quantitative estimate of drug-likeness (QED) is 0.0261. The van der Waals surface area contributed by atoms with E-state index in [0.29, 0.717) is 19.3 Å². The number of hydrogen-bond acceptors (Lipinski definition) is 6. The lowest BCUT2D eigenvalue weighted by Crippen LogP contribution is -2.30. The maximum absolute atomic E-state index is 12.9. The van der Waals surface area contributed by atoms with Gasteiger partial charge in [-0.05, 0) is 109 Å². The Morgan fingerprint density at radius 2 is 0.500 bits per heavy atom. The molecule has 0 fully saturated rings. The molecule has 0 aliphatic heterocycles. The smallest absolute Gasteiger partial charge is 0.306 e. The van der Waals surface area contributed by atoms with Crippen molar-refractivity contribution >= 4 is 17.9 Å². The second kappa shape index (κ2) is 66.4. The number of unbranched alkanes of at least 4 members (excludes halogenated alkanes) is 39. The number of carbonyl (C=O) groups is 3. The molecule has 0 aromatic heterocycles. The molecular formula is C72H128O6. The molecule has 452 valence electrons. The van der Waals surface area contributed by atoms with E-state index in [2.05, 4.69) is 93.7 Å². The van der Waals surface area contributed by atoms with Crippen LogP contribution in [-0.4, -0.2) is 37.2 Å². The largest absolute Gasteiger partial charge is 0.462 e. The minimum atomic E-state index is -0.795. The summed E-state index contributed by atoms with van der Waals surface area (Å²) in [6, 6.07) is 0. The molecule has 1 atom stereocenters. The summed E-state index contributed by atoms with van der Waals surface area (Å²) in [7, 11) is 0. The number of esters is 3. The summed E-state index contributed by atoms with van der Waals surface area (Å²) >= 11 is 0. The molecule has 0 spiro atoms. The second-order valence-corrected chi connectivity index (χ2v) is 22.7. The summed E-state index contributed by atoms with van der Waals surface area (Å²) in [5.74, 6) is -0.918. The summed E-state index contributed by atoms with van der Waals surface area (Å²) in [6.07, 6.45) is 86.6. The van der Waals surface area contributed by atoms with Gasteiger partial charge in [0.25, 0.3) is 0 Å². The molecule has 0 bridgehead atoms. The highest BCUT2D eigenvalue weighted by atomic mass is 16.6. The van der Waals surface area contributed by atoms with Crippen molar-refractivity contribution in [3.8, 4) is 0 Å². The zero-order valence-electron chi connectivity index (χ0n) is 51.9. The van der Waals surface area contributed by atoms with E-state index in [1.54, 1.807) is 0 Å². The predicted octanol–water partition coefficient (Wildman–Crippen LogP) is 23.3. The molecule has 0 aromatic rings. The molecule has 0 rings (SSSR count). The molecule has 0 N–H and O–H groups in total. The van der Waals surface area contributed by atoms with Crippen LogP contribution in [0, 0.1) is 0 Å². The van der Waals surface area contributed by atoms with Crippen molar-refractivity contribution < 1.29 is 28.6 Å². The average molecular weight is 1090 g/mol. The van der Waals surface area contributed by atoms with Gasteiger partial charge in [-0.15, -0.1) is 0 Å². The van der Waals surface area contributed by atoms with Crippen molar-refractivity contribution in [3.63, 3.8) is 0 Å². The van der Waals surface area contributed by atoms with Gasteiger partial charge in [-0.2, -0.15) is 0 Å². The Morgan fingerprint density at radius 3 is 0.821 bits per heavy atom. The molecule has 78 heavy (non-hydrogen) atoms. The Morgan fingerprint density at radius 1 is 0.269 bits per heavy atom. The van der Waals surface area contributed by atoms with Gasteiger partial charge >= 0.3 is 17.9 Å². The van der Waals surface area contributed by atoms with E-state index in [4.69, 9.17) is 14.2 Å². The first kappa shape index (κ1) is 74.8. The summed E-state index contributed by atoms with van der Waals surface area (Å²) in [4.78, 5) is 38.3. The number of carbonyl (C=O) groups excluding carboxylic acids is 3. The van der Waals surface area contributed by atoms with Crippen LogP contribution in [0.5, 0.6) is 0 Å². The summed E-state index contributed by atoms with van der Waals surface area (Å²) < 4.78 is 16.9. The van der Waals surface area contributed by atoms with Crippen LogP contribution in [0.15, 0.2) is 72.9 Å². The highest BCUT2D eigenvalue weighted by Crippen LogP contribution is 2.17. The van der Waals surface area contributed by atoms with E-state index in [-0.39, 0.29) is 31.1 Å². The molecule has 0 heterocycles. The summed E-state index contributed by atoms with van der Waals surface area (Å²) in [5.41, 5.74) is 0. The lowest BCUT2D eigenvalue weighted by Gasteiger charge is -2.18. The zero-order chi connectivity index (χ0) is 56.4. The SMILES string of the molecule is CC/C=C\C/C=C\C/C=C\CCCCCC(=O)OCC(COC(=O)CCCCCCCCCCCCCCCCCCCCC/C=C\CCCCCCCCCC)OC(=O)CCCCCCC/C=C\C/C=C\CCCCCC. The van der Waals surface area contributed by atoms with Crippen LogP contribution in [0.25, 0.3) is 0 Å². The van der Waals surface area contributed by atoms with Crippen molar-refractivity contribution in [1.82, 2.24) is 0 Å². The summed E-state index contributed by atoms with van der Waals surface area (Å²) in [5, 5.41) is 0. The van der Waals surface area contributed by atoms with E-state index < -0.39 is 6.10 Å². The van der Waals surface area contributed by atoms with Gasteiger partial charge in [0.1, 0.15) is 13.2 Å². The molecule has 0 aliphatic rings. The lowest BCUT2D eigenvalue weighted by molar-refractivity contribution is -0.167. The third-order valence-electron chi connectivity index (χ3n) is 14.9. The van der Waals surface area contributed by atoms with Crippen molar-refractivity contribution in [2.24, 2.45) is 0 Å². The van der Waals surface area contributed by atoms with Gasteiger partial charge in [-0.3, -0.25) is 14.4 Å². The van der Waals surface area contributed by atoms with Crippen molar-refractivity contribution in [2.75, 3.05) is 13.2 Å². The maximum atomic E-state index is 12.9. The molecule has 1 unspecified atom stereocenters. The van der Waals surface area contributed by atoms with Gasteiger partial charge in [0.15, 0.2) is 6.10 Å². The topological polar surface area (TPSA) is 78.9 Å². The maximum Gasteiger partial charge on any atom is 0.306 e. The normalized spacial score (nSPS) is 12.5. The lowest BCUT2D eigenvalue weighted by atomic mass is 10.0. The Bertz CT molecular complexity index is 1440. The van der Waals surface area contributed by atoms with Crippen LogP contribution < -0.4 is 0 Å². The van der Waals surface area contributed by atoms with Crippen molar-refractivity contribution in [3.05, 3.63) is 72.9 Å². The standard InChI is InChI=1S/C72H128O6/c1-4-7-10-13-16-19-22-25-27-29-30-31-32-33-34-35-36-37-38-39-40-41-42-43-45-47-50-53-56-59-62-65-71(74)77-68-69(67-76-70(73)64-61-58-55-52-49-46-24-21-18-15-12-9-6-3)78-72(75)66-63-60-57-54-51-48-44-28-26-23-20-17-14-11-8-5-2/h9,12,18,20-21,23,28-30,44,46,49,69H,4-8,10-11,13-17,19,22,24-27,31-43,45,47-48,50-68H2,1-3H3/b12-9-,21-18-,23-20-,30-29-,44-28-,49-46-. The minimum Gasteiger partial charge on any atom is -0.462 e. The van der Waals surface area contributed by atoms with Gasteiger partial charge < -0.3 is 14.2 Å². The van der Waals surface area contributed by atoms with Crippen LogP contribution in [0.1, 0.15) is 348 Å².